The summed E-state index contributed by atoms with van der Waals surface area (Å²) in [5, 5.41) is 6.16. The van der Waals surface area contributed by atoms with Gasteiger partial charge in [0.2, 0.25) is 5.91 Å². The van der Waals surface area contributed by atoms with Crippen LogP contribution in [-0.4, -0.2) is 68.0 Å². The Morgan fingerprint density at radius 1 is 1.13 bits per heavy atom. The summed E-state index contributed by atoms with van der Waals surface area (Å²) in [6.45, 7) is 5.19. The highest BCUT2D eigenvalue weighted by Gasteiger charge is 2.24. The number of piperazine rings is 1. The molecule has 2 aliphatic rings. The van der Waals surface area contributed by atoms with Crippen molar-refractivity contribution in [2.45, 2.75) is 13.0 Å². The van der Waals surface area contributed by atoms with Gasteiger partial charge in [-0.3, -0.25) is 9.79 Å². The number of para-hydroxylation sites is 1. The van der Waals surface area contributed by atoms with E-state index in [4.69, 9.17) is 11.6 Å². The van der Waals surface area contributed by atoms with Crippen LogP contribution in [0, 0.1) is 0 Å². The van der Waals surface area contributed by atoms with Crippen LogP contribution in [0.1, 0.15) is 10.4 Å². The molecule has 0 atom stereocenters. The van der Waals surface area contributed by atoms with Gasteiger partial charge in [-0.2, -0.15) is 0 Å². The minimum absolute atomic E-state index is 0. The molecular weight excluding hydrogens is 533 g/mol. The molecule has 4 rings (SSSR count). The number of thiophene rings is 1. The third-order valence-electron chi connectivity index (χ3n) is 5.54. The van der Waals surface area contributed by atoms with Crippen LogP contribution in [0.2, 0.25) is 5.02 Å². The van der Waals surface area contributed by atoms with Gasteiger partial charge < -0.3 is 20.0 Å². The summed E-state index contributed by atoms with van der Waals surface area (Å²) in [5.74, 6) is 0.906. The molecule has 1 N–H and O–H groups in total. The lowest BCUT2D eigenvalue weighted by Gasteiger charge is -2.38. The average molecular weight is 560 g/mol. The molecule has 9 heteroatoms. The molecule has 2 aromatic rings. The van der Waals surface area contributed by atoms with Crippen molar-refractivity contribution in [3.05, 3.63) is 51.2 Å². The van der Waals surface area contributed by atoms with E-state index in [0.29, 0.717) is 6.54 Å². The van der Waals surface area contributed by atoms with Crippen LogP contribution in [0.3, 0.4) is 0 Å². The fourth-order valence-electron chi connectivity index (χ4n) is 3.93. The number of nitrogens with one attached hydrogen (secondary N) is 1. The number of carbonyl (C=O) groups is 1. The van der Waals surface area contributed by atoms with Crippen molar-refractivity contribution in [1.29, 1.82) is 0 Å². The van der Waals surface area contributed by atoms with E-state index in [0.717, 1.165) is 55.8 Å². The standard InChI is InChI=1S/C21H26ClN5OS.HI/c1-23-21(24-14-20(28)27-8-6-19-16(15-27)7-13-29-19)26-11-9-25(10-12-26)18-5-3-2-4-17(18)22;/h2-5,7,13H,6,8-12,14-15H2,1H3,(H,23,24);1H. The maximum atomic E-state index is 12.7. The second-order valence-electron chi connectivity index (χ2n) is 7.26. The normalized spacial score (nSPS) is 16.7. The molecule has 2 aliphatic heterocycles. The van der Waals surface area contributed by atoms with Crippen molar-refractivity contribution >= 4 is 64.5 Å². The zero-order chi connectivity index (χ0) is 20.2. The third kappa shape index (κ3) is 5.20. The molecule has 0 unspecified atom stereocenters. The molecule has 0 aliphatic carbocycles. The first-order chi connectivity index (χ1) is 14.2. The van der Waals surface area contributed by atoms with Gasteiger partial charge in [-0.1, -0.05) is 23.7 Å². The number of nitrogens with zero attached hydrogens (tertiary/aromatic N) is 4. The van der Waals surface area contributed by atoms with E-state index in [1.807, 2.05) is 23.1 Å². The van der Waals surface area contributed by atoms with E-state index in [2.05, 4.69) is 37.6 Å². The number of halogens is 2. The summed E-state index contributed by atoms with van der Waals surface area (Å²) >= 11 is 8.12. The first-order valence-corrected chi connectivity index (χ1v) is 11.2. The number of benzene rings is 1. The van der Waals surface area contributed by atoms with Crippen molar-refractivity contribution in [3.8, 4) is 0 Å². The van der Waals surface area contributed by atoms with Crippen molar-refractivity contribution in [3.63, 3.8) is 0 Å². The van der Waals surface area contributed by atoms with E-state index < -0.39 is 0 Å². The van der Waals surface area contributed by atoms with Gasteiger partial charge in [-0.15, -0.1) is 35.3 Å². The first-order valence-electron chi connectivity index (χ1n) is 9.94. The summed E-state index contributed by atoms with van der Waals surface area (Å²) in [6.07, 6.45) is 0.956. The van der Waals surface area contributed by atoms with Crippen molar-refractivity contribution in [2.75, 3.05) is 51.2 Å². The fraction of sp³-hybridized carbons (Fsp3) is 0.429. The molecule has 0 saturated carbocycles. The van der Waals surface area contributed by atoms with E-state index in [-0.39, 0.29) is 36.4 Å². The summed E-state index contributed by atoms with van der Waals surface area (Å²) < 4.78 is 0. The minimum Gasteiger partial charge on any atom is -0.367 e. The van der Waals surface area contributed by atoms with Gasteiger partial charge >= 0.3 is 0 Å². The lowest BCUT2D eigenvalue weighted by atomic mass is 10.1. The Morgan fingerprint density at radius 2 is 1.90 bits per heavy atom. The van der Waals surface area contributed by atoms with Crippen molar-refractivity contribution < 1.29 is 4.79 Å². The Labute approximate surface area is 203 Å². The topological polar surface area (TPSA) is 51.2 Å². The molecule has 162 valence electrons. The molecule has 1 aromatic heterocycles. The molecular formula is C21H27ClIN5OS. The molecule has 0 spiro atoms. The molecule has 1 amide bonds. The fourth-order valence-corrected chi connectivity index (χ4v) is 5.07. The minimum atomic E-state index is 0. The highest BCUT2D eigenvalue weighted by Crippen LogP contribution is 2.26. The SMILES string of the molecule is CN=C(NCC(=O)N1CCc2sccc2C1)N1CCN(c2ccccc2Cl)CC1.I. The quantitative estimate of drug-likeness (QED) is 0.356. The Bertz CT molecular complexity index is 897. The Balaban J connectivity index is 0.00000256. The van der Waals surface area contributed by atoms with E-state index in [1.54, 1.807) is 18.4 Å². The molecule has 6 nitrogen and oxygen atoms in total. The van der Waals surface area contributed by atoms with Crippen LogP contribution in [0.4, 0.5) is 5.69 Å². The molecule has 1 aromatic carbocycles. The van der Waals surface area contributed by atoms with Gasteiger partial charge in [0.15, 0.2) is 5.96 Å². The number of hydrogen-bond donors (Lipinski definition) is 1. The maximum absolute atomic E-state index is 12.7. The molecule has 0 bridgehead atoms. The highest BCUT2D eigenvalue weighted by molar-refractivity contribution is 14.0. The Morgan fingerprint density at radius 3 is 2.63 bits per heavy atom. The predicted octanol–water partition coefficient (Wildman–Crippen LogP) is 3.30. The van der Waals surface area contributed by atoms with Gasteiger partial charge in [-0.25, -0.2) is 0 Å². The number of fused-ring (bicyclic) bond motifs is 1. The van der Waals surface area contributed by atoms with Crippen LogP contribution in [0.25, 0.3) is 0 Å². The second kappa shape index (κ2) is 10.7. The maximum Gasteiger partial charge on any atom is 0.242 e. The predicted molar refractivity (Wildman–Crippen MR) is 135 cm³/mol. The average Bonchev–Trinajstić information content (AvgIpc) is 3.23. The number of guanidine groups is 1. The summed E-state index contributed by atoms with van der Waals surface area (Å²) in [4.78, 5) is 24.9. The number of rotatable bonds is 3. The molecule has 3 heterocycles. The zero-order valence-corrected chi connectivity index (χ0v) is 20.9. The number of carbonyl (C=O) groups excluding carboxylic acids is 1. The number of hydrogen-bond acceptors (Lipinski definition) is 4. The van der Waals surface area contributed by atoms with Crippen LogP contribution in [0.15, 0.2) is 40.7 Å². The van der Waals surface area contributed by atoms with Gasteiger partial charge in [0.25, 0.3) is 0 Å². The van der Waals surface area contributed by atoms with Gasteiger partial charge in [0.05, 0.1) is 17.3 Å². The monoisotopic (exact) mass is 559 g/mol. The summed E-state index contributed by atoms with van der Waals surface area (Å²) in [5.41, 5.74) is 2.36. The van der Waals surface area contributed by atoms with Crippen molar-refractivity contribution in [2.24, 2.45) is 4.99 Å². The lowest BCUT2D eigenvalue weighted by Crippen LogP contribution is -2.54. The first kappa shape index (κ1) is 23.1. The summed E-state index contributed by atoms with van der Waals surface area (Å²) in [6, 6.07) is 10.1. The van der Waals surface area contributed by atoms with Crippen LogP contribution in [0.5, 0.6) is 0 Å². The number of anilines is 1. The van der Waals surface area contributed by atoms with Gasteiger partial charge in [0.1, 0.15) is 0 Å². The molecule has 0 radical (unpaired) electrons. The van der Waals surface area contributed by atoms with E-state index >= 15 is 0 Å². The molecule has 1 fully saturated rings. The van der Waals surface area contributed by atoms with Crippen LogP contribution in [-0.2, 0) is 17.8 Å². The summed E-state index contributed by atoms with van der Waals surface area (Å²) in [7, 11) is 1.77. The van der Waals surface area contributed by atoms with Crippen molar-refractivity contribution in [1.82, 2.24) is 15.1 Å². The van der Waals surface area contributed by atoms with Crippen LogP contribution >= 0.6 is 46.9 Å². The third-order valence-corrected chi connectivity index (χ3v) is 6.88. The van der Waals surface area contributed by atoms with Gasteiger partial charge in [-0.05, 0) is 35.6 Å². The van der Waals surface area contributed by atoms with E-state index in [9.17, 15) is 4.79 Å². The Hall–Kier alpha value is -1.52. The van der Waals surface area contributed by atoms with Gasteiger partial charge in [0, 0.05) is 51.2 Å². The van der Waals surface area contributed by atoms with Crippen LogP contribution < -0.4 is 10.2 Å². The second-order valence-corrected chi connectivity index (χ2v) is 8.67. The smallest absolute Gasteiger partial charge is 0.242 e. The zero-order valence-electron chi connectivity index (χ0n) is 17.0. The number of aliphatic imine (C=N–C) groups is 1. The Kier molecular flexibility index (Phi) is 8.24. The highest BCUT2D eigenvalue weighted by atomic mass is 127. The van der Waals surface area contributed by atoms with E-state index in [1.165, 1.54) is 10.4 Å². The number of amides is 1. The molecule has 30 heavy (non-hydrogen) atoms. The lowest BCUT2D eigenvalue weighted by molar-refractivity contribution is -0.130. The molecule has 1 saturated heterocycles. The largest absolute Gasteiger partial charge is 0.367 e.